The van der Waals surface area contributed by atoms with Gasteiger partial charge >= 0.3 is 0 Å². The number of hydrogen-bond acceptors (Lipinski definition) is 3. The van der Waals surface area contributed by atoms with Crippen molar-refractivity contribution in [3.8, 4) is 0 Å². The van der Waals surface area contributed by atoms with Crippen molar-refractivity contribution in [1.82, 2.24) is 25.3 Å². The first-order valence-electron chi connectivity index (χ1n) is 10.2. The van der Waals surface area contributed by atoms with Crippen LogP contribution in [-0.4, -0.2) is 52.9 Å². The molecule has 2 heterocycles. The van der Waals surface area contributed by atoms with E-state index in [0.717, 1.165) is 31.9 Å². The average Bonchev–Trinajstić information content (AvgIpc) is 2.97. The monoisotopic (exact) mass is 490 g/mol. The molecule has 0 saturated carbocycles. The summed E-state index contributed by atoms with van der Waals surface area (Å²) in [6.07, 6.45) is 5.95. The molecule has 0 bridgehead atoms. The molecule has 156 valence electrons. The number of likely N-dealkylation sites (tertiary alicyclic amines) is 1. The number of aliphatic imine (C=N–C) groups is 1. The first-order chi connectivity index (χ1) is 12.4. The summed E-state index contributed by atoms with van der Waals surface area (Å²) in [5.74, 6) is 0.864. The van der Waals surface area contributed by atoms with Gasteiger partial charge in [0.1, 0.15) is 0 Å². The van der Waals surface area contributed by atoms with Gasteiger partial charge in [0.25, 0.3) is 0 Å². The van der Waals surface area contributed by atoms with E-state index in [2.05, 4.69) is 53.3 Å². The molecule has 1 aromatic heterocycles. The highest BCUT2D eigenvalue weighted by Gasteiger charge is 2.28. The van der Waals surface area contributed by atoms with Crippen molar-refractivity contribution in [2.45, 2.75) is 71.9 Å². The SMILES string of the molecule is CCc1nn(C)c(CC)c1CNC(=NC)NCC(C)(C)N1CCCCC1.I. The quantitative estimate of drug-likeness (QED) is 0.351. The topological polar surface area (TPSA) is 57.5 Å². The van der Waals surface area contributed by atoms with E-state index in [1.807, 2.05) is 18.8 Å². The van der Waals surface area contributed by atoms with Gasteiger partial charge in [0.15, 0.2) is 5.96 Å². The number of aromatic nitrogens is 2. The Bertz CT molecular complexity index is 602. The molecule has 0 aromatic carbocycles. The lowest BCUT2D eigenvalue weighted by Gasteiger charge is -2.41. The fourth-order valence-corrected chi connectivity index (χ4v) is 3.90. The number of guanidine groups is 1. The van der Waals surface area contributed by atoms with Gasteiger partial charge in [-0.05, 0) is 52.6 Å². The van der Waals surface area contributed by atoms with E-state index in [-0.39, 0.29) is 29.5 Å². The Hall–Kier alpha value is -0.830. The van der Waals surface area contributed by atoms with Crippen molar-refractivity contribution < 1.29 is 0 Å². The summed E-state index contributed by atoms with van der Waals surface area (Å²) in [4.78, 5) is 7.02. The molecule has 0 radical (unpaired) electrons. The largest absolute Gasteiger partial charge is 0.355 e. The molecule has 1 aliphatic rings. The highest BCUT2D eigenvalue weighted by molar-refractivity contribution is 14.0. The number of halogens is 1. The Morgan fingerprint density at radius 3 is 2.33 bits per heavy atom. The van der Waals surface area contributed by atoms with Crippen molar-refractivity contribution in [1.29, 1.82) is 0 Å². The minimum atomic E-state index is 0. The van der Waals surface area contributed by atoms with Gasteiger partial charge in [0, 0.05) is 44.0 Å². The first-order valence-corrected chi connectivity index (χ1v) is 10.2. The van der Waals surface area contributed by atoms with Crippen molar-refractivity contribution in [2.24, 2.45) is 12.0 Å². The van der Waals surface area contributed by atoms with Crippen molar-refractivity contribution in [3.63, 3.8) is 0 Å². The predicted molar refractivity (Wildman–Crippen MR) is 125 cm³/mol. The van der Waals surface area contributed by atoms with Crippen LogP contribution < -0.4 is 10.6 Å². The molecule has 0 aliphatic carbocycles. The summed E-state index contributed by atoms with van der Waals surface area (Å²) in [5.41, 5.74) is 3.94. The van der Waals surface area contributed by atoms with Crippen LogP contribution in [0.3, 0.4) is 0 Å². The fraction of sp³-hybridized carbons (Fsp3) is 0.800. The molecule has 1 saturated heterocycles. The molecule has 0 atom stereocenters. The van der Waals surface area contributed by atoms with E-state index in [0.29, 0.717) is 0 Å². The van der Waals surface area contributed by atoms with Crippen molar-refractivity contribution in [3.05, 3.63) is 17.0 Å². The molecule has 0 unspecified atom stereocenters. The number of piperidine rings is 1. The molecule has 0 spiro atoms. The third-order valence-electron chi connectivity index (χ3n) is 5.58. The lowest BCUT2D eigenvalue weighted by molar-refractivity contribution is 0.0982. The van der Waals surface area contributed by atoms with Gasteiger partial charge in [-0.15, -0.1) is 24.0 Å². The van der Waals surface area contributed by atoms with E-state index in [1.54, 1.807) is 0 Å². The molecule has 2 N–H and O–H groups in total. The molecule has 7 heteroatoms. The van der Waals surface area contributed by atoms with Gasteiger partial charge in [-0.1, -0.05) is 20.3 Å². The second-order valence-corrected chi connectivity index (χ2v) is 7.84. The van der Waals surface area contributed by atoms with E-state index >= 15 is 0 Å². The van der Waals surface area contributed by atoms with Gasteiger partial charge in [-0.2, -0.15) is 5.10 Å². The maximum absolute atomic E-state index is 4.66. The van der Waals surface area contributed by atoms with Crippen molar-refractivity contribution >= 4 is 29.9 Å². The van der Waals surface area contributed by atoms with E-state index in [4.69, 9.17) is 0 Å². The third-order valence-corrected chi connectivity index (χ3v) is 5.58. The highest BCUT2D eigenvalue weighted by Crippen LogP contribution is 2.20. The van der Waals surface area contributed by atoms with Crippen LogP contribution in [0.5, 0.6) is 0 Å². The number of hydrogen-bond donors (Lipinski definition) is 2. The second kappa shape index (κ2) is 11.2. The van der Waals surface area contributed by atoms with Gasteiger partial charge < -0.3 is 10.6 Å². The second-order valence-electron chi connectivity index (χ2n) is 7.84. The number of rotatable bonds is 7. The van der Waals surface area contributed by atoms with Gasteiger partial charge in [-0.3, -0.25) is 14.6 Å². The molecule has 2 rings (SSSR count). The summed E-state index contributed by atoms with van der Waals surface area (Å²) in [5, 5.41) is 11.7. The summed E-state index contributed by atoms with van der Waals surface area (Å²) in [6.45, 7) is 13.1. The number of nitrogens with one attached hydrogen (secondary N) is 2. The van der Waals surface area contributed by atoms with Crippen LogP contribution in [0.2, 0.25) is 0 Å². The summed E-state index contributed by atoms with van der Waals surface area (Å²) >= 11 is 0. The Balaban J connectivity index is 0.00000364. The number of nitrogens with zero attached hydrogens (tertiary/aromatic N) is 4. The van der Waals surface area contributed by atoms with Gasteiger partial charge in [0.05, 0.1) is 5.69 Å². The average molecular weight is 490 g/mol. The molecular weight excluding hydrogens is 451 g/mol. The zero-order chi connectivity index (χ0) is 19.2. The normalized spacial score (nSPS) is 16.1. The van der Waals surface area contributed by atoms with E-state index in [9.17, 15) is 0 Å². The van der Waals surface area contributed by atoms with Gasteiger partial charge in [0.2, 0.25) is 0 Å². The lowest BCUT2D eigenvalue weighted by atomic mass is 9.98. The zero-order valence-corrected chi connectivity index (χ0v) is 20.4. The molecule has 1 fully saturated rings. The van der Waals surface area contributed by atoms with Crippen molar-refractivity contribution in [2.75, 3.05) is 26.7 Å². The maximum atomic E-state index is 4.66. The Kier molecular flexibility index (Phi) is 10.1. The van der Waals surface area contributed by atoms with Crippen LogP contribution in [0.25, 0.3) is 0 Å². The first kappa shape index (κ1) is 24.2. The molecule has 1 aliphatic heterocycles. The van der Waals surface area contributed by atoms with E-state index in [1.165, 1.54) is 49.3 Å². The van der Waals surface area contributed by atoms with Crippen LogP contribution in [0, 0.1) is 0 Å². The highest BCUT2D eigenvalue weighted by atomic mass is 127. The Labute approximate surface area is 182 Å². The van der Waals surface area contributed by atoms with Crippen LogP contribution in [0.15, 0.2) is 4.99 Å². The minimum absolute atomic E-state index is 0. The Morgan fingerprint density at radius 1 is 1.11 bits per heavy atom. The zero-order valence-electron chi connectivity index (χ0n) is 18.1. The maximum Gasteiger partial charge on any atom is 0.191 e. The molecule has 1 aromatic rings. The fourth-order valence-electron chi connectivity index (χ4n) is 3.90. The van der Waals surface area contributed by atoms with Gasteiger partial charge in [-0.25, -0.2) is 0 Å². The minimum Gasteiger partial charge on any atom is -0.355 e. The molecule has 27 heavy (non-hydrogen) atoms. The van der Waals surface area contributed by atoms with Crippen LogP contribution >= 0.6 is 24.0 Å². The smallest absolute Gasteiger partial charge is 0.191 e. The van der Waals surface area contributed by atoms with Crippen LogP contribution in [-0.2, 0) is 26.4 Å². The molecule has 6 nitrogen and oxygen atoms in total. The third kappa shape index (κ3) is 6.34. The van der Waals surface area contributed by atoms with Crippen LogP contribution in [0.4, 0.5) is 0 Å². The number of aryl methyl sites for hydroxylation is 2. The van der Waals surface area contributed by atoms with E-state index < -0.39 is 0 Å². The van der Waals surface area contributed by atoms with Crippen LogP contribution in [0.1, 0.15) is 63.9 Å². The standard InChI is InChI=1S/C20H38N6.HI/c1-7-17-16(18(8-2)25(6)24-17)14-22-19(21-5)23-15-20(3,4)26-12-10-9-11-13-26;/h7-15H2,1-6H3,(H2,21,22,23);1H. The summed E-state index contributed by atoms with van der Waals surface area (Å²) in [7, 11) is 3.88. The summed E-state index contributed by atoms with van der Waals surface area (Å²) < 4.78 is 2.02. The summed E-state index contributed by atoms with van der Waals surface area (Å²) in [6, 6.07) is 0. The molecule has 0 amide bonds. The lowest BCUT2D eigenvalue weighted by Crippen LogP contribution is -2.54. The molecular formula is C20H39IN6. The Morgan fingerprint density at radius 2 is 1.78 bits per heavy atom. The predicted octanol–water partition coefficient (Wildman–Crippen LogP) is 3.09.